The standard InChI is InChI=1S/C29H22ClFN6O/c1-18-2-5-20-14-27(33-26(20)12-18)25(13-19-3-8-23(31)9-4-19)29-10-6-21(16-37(29)38)24-15-22(30)7-11-28(24)36-17-32-34-35-36/h2-12,15-17,25H,13-14H2,1H3/t25-/m1/s1. The highest BCUT2D eigenvalue weighted by molar-refractivity contribution is 6.31. The van der Waals surface area contributed by atoms with Crippen molar-refractivity contribution < 1.29 is 9.12 Å². The fourth-order valence-corrected chi connectivity index (χ4v) is 5.07. The molecule has 3 aromatic carbocycles. The van der Waals surface area contributed by atoms with Crippen LogP contribution in [0.5, 0.6) is 0 Å². The molecule has 0 saturated heterocycles. The summed E-state index contributed by atoms with van der Waals surface area (Å²) < 4.78 is 16.0. The van der Waals surface area contributed by atoms with Crippen LogP contribution in [0.15, 0.2) is 90.3 Å². The predicted molar refractivity (Wildman–Crippen MR) is 143 cm³/mol. The number of rotatable bonds is 6. The molecule has 0 aliphatic carbocycles. The summed E-state index contributed by atoms with van der Waals surface area (Å²) in [5, 5.41) is 25.5. The average molecular weight is 525 g/mol. The molecule has 3 heterocycles. The molecule has 9 heteroatoms. The van der Waals surface area contributed by atoms with Gasteiger partial charge in [-0.1, -0.05) is 35.9 Å². The summed E-state index contributed by atoms with van der Waals surface area (Å²) in [6.07, 6.45) is 4.20. The average Bonchev–Trinajstić information content (AvgIpc) is 3.59. The monoisotopic (exact) mass is 524 g/mol. The molecule has 0 saturated carbocycles. The Morgan fingerprint density at radius 3 is 2.66 bits per heavy atom. The first-order valence-electron chi connectivity index (χ1n) is 12.1. The minimum Gasteiger partial charge on any atom is -0.618 e. The summed E-state index contributed by atoms with van der Waals surface area (Å²) in [7, 11) is 0. The van der Waals surface area contributed by atoms with Crippen molar-refractivity contribution in [2.45, 2.75) is 25.7 Å². The Morgan fingerprint density at radius 1 is 1.05 bits per heavy atom. The van der Waals surface area contributed by atoms with Crippen LogP contribution in [-0.2, 0) is 12.8 Å². The molecule has 1 atom stereocenters. The second-order valence-corrected chi connectivity index (χ2v) is 9.82. The smallest absolute Gasteiger partial charge is 0.201 e. The number of hydrogen-bond acceptors (Lipinski definition) is 5. The van der Waals surface area contributed by atoms with Crippen molar-refractivity contribution in [1.82, 2.24) is 20.2 Å². The van der Waals surface area contributed by atoms with Crippen molar-refractivity contribution in [1.29, 1.82) is 0 Å². The molecule has 1 aliphatic heterocycles. The number of aliphatic imine (C=N–C) groups is 1. The number of aryl methyl sites for hydroxylation is 1. The van der Waals surface area contributed by atoms with Gasteiger partial charge < -0.3 is 5.21 Å². The Kier molecular flexibility index (Phi) is 6.17. The van der Waals surface area contributed by atoms with Gasteiger partial charge in [0.05, 0.1) is 17.3 Å². The van der Waals surface area contributed by atoms with Gasteiger partial charge in [0.2, 0.25) is 5.69 Å². The van der Waals surface area contributed by atoms with E-state index in [0.29, 0.717) is 34.8 Å². The molecule has 1 aliphatic rings. The van der Waals surface area contributed by atoms with Gasteiger partial charge >= 0.3 is 0 Å². The third-order valence-corrected chi connectivity index (χ3v) is 7.03. The molecule has 0 fully saturated rings. The minimum atomic E-state index is -0.297. The van der Waals surface area contributed by atoms with Gasteiger partial charge in [0.25, 0.3) is 0 Å². The lowest BCUT2D eigenvalue weighted by Gasteiger charge is -2.18. The summed E-state index contributed by atoms with van der Waals surface area (Å²) in [6.45, 7) is 2.04. The lowest BCUT2D eigenvalue weighted by atomic mass is 9.88. The number of hydrogen-bond donors (Lipinski definition) is 0. The van der Waals surface area contributed by atoms with E-state index in [9.17, 15) is 9.60 Å². The molecule has 0 spiro atoms. The SMILES string of the molecule is Cc1ccc2c(c1)N=C([C@@H](Cc1ccc(F)cc1)c1ccc(-c3cc(Cl)ccc3-n3cnnn3)c[n+]1[O-])C2. The lowest BCUT2D eigenvalue weighted by molar-refractivity contribution is -0.614. The number of aromatic nitrogens is 5. The Labute approximate surface area is 223 Å². The van der Waals surface area contributed by atoms with Crippen LogP contribution >= 0.6 is 11.6 Å². The van der Waals surface area contributed by atoms with Crippen LogP contribution in [0.4, 0.5) is 10.1 Å². The Hall–Kier alpha value is -4.43. The number of pyridine rings is 1. The zero-order valence-electron chi connectivity index (χ0n) is 20.4. The molecular formula is C29H22ClFN6O. The number of benzene rings is 3. The maximum Gasteiger partial charge on any atom is 0.201 e. The van der Waals surface area contributed by atoms with Crippen molar-refractivity contribution in [2.24, 2.45) is 4.99 Å². The van der Waals surface area contributed by atoms with Crippen molar-refractivity contribution in [3.05, 3.63) is 124 Å². The Morgan fingerprint density at radius 2 is 1.89 bits per heavy atom. The van der Waals surface area contributed by atoms with E-state index in [1.54, 1.807) is 36.5 Å². The van der Waals surface area contributed by atoms with Crippen LogP contribution in [0.3, 0.4) is 0 Å². The van der Waals surface area contributed by atoms with Crippen LogP contribution in [-0.4, -0.2) is 25.9 Å². The van der Waals surface area contributed by atoms with Crippen molar-refractivity contribution in [3.8, 4) is 16.8 Å². The molecule has 0 bridgehead atoms. The molecule has 6 rings (SSSR count). The predicted octanol–water partition coefficient (Wildman–Crippen LogP) is 5.72. The topological polar surface area (TPSA) is 82.9 Å². The zero-order valence-corrected chi connectivity index (χ0v) is 21.2. The number of tetrazole rings is 1. The summed E-state index contributed by atoms with van der Waals surface area (Å²) in [4.78, 5) is 4.93. The summed E-state index contributed by atoms with van der Waals surface area (Å²) in [6, 6.07) is 21.7. The summed E-state index contributed by atoms with van der Waals surface area (Å²) in [5.74, 6) is -0.590. The normalized spacial score (nSPS) is 13.3. The first-order valence-corrected chi connectivity index (χ1v) is 12.5. The fourth-order valence-electron chi connectivity index (χ4n) is 4.90. The third kappa shape index (κ3) is 4.66. The summed E-state index contributed by atoms with van der Waals surface area (Å²) in [5.41, 5.74) is 7.68. The quantitative estimate of drug-likeness (QED) is 0.210. The van der Waals surface area contributed by atoms with Gasteiger partial charge in [-0.15, -0.1) is 5.10 Å². The van der Waals surface area contributed by atoms with E-state index >= 15 is 0 Å². The third-order valence-electron chi connectivity index (χ3n) is 6.80. The number of halogens is 2. The second-order valence-electron chi connectivity index (χ2n) is 9.38. The molecular weight excluding hydrogens is 503 g/mol. The van der Waals surface area contributed by atoms with Crippen molar-refractivity contribution in [2.75, 3.05) is 0 Å². The van der Waals surface area contributed by atoms with Gasteiger partial charge in [0.15, 0.2) is 6.20 Å². The summed E-state index contributed by atoms with van der Waals surface area (Å²) >= 11 is 6.30. The highest BCUT2D eigenvalue weighted by Gasteiger charge is 2.30. The van der Waals surface area contributed by atoms with Gasteiger partial charge in [0, 0.05) is 34.3 Å². The van der Waals surface area contributed by atoms with Gasteiger partial charge in [-0.25, -0.2) is 4.39 Å². The molecule has 0 radical (unpaired) electrons. The van der Waals surface area contributed by atoms with E-state index in [4.69, 9.17) is 16.6 Å². The molecule has 38 heavy (non-hydrogen) atoms. The first-order chi connectivity index (χ1) is 18.4. The van der Waals surface area contributed by atoms with Crippen molar-refractivity contribution in [3.63, 3.8) is 0 Å². The van der Waals surface area contributed by atoms with Crippen LogP contribution in [0.2, 0.25) is 5.02 Å². The maximum absolute atomic E-state index is 13.6. The van der Waals surface area contributed by atoms with E-state index in [1.165, 1.54) is 23.1 Å². The molecule has 0 N–H and O–H groups in total. The molecule has 5 aromatic rings. The number of fused-ring (bicyclic) bond motifs is 1. The van der Waals surface area contributed by atoms with Gasteiger partial charge in [-0.2, -0.15) is 9.41 Å². The maximum atomic E-state index is 13.6. The fraction of sp³-hybridized carbons (Fsp3) is 0.138. The van der Waals surface area contributed by atoms with Crippen molar-refractivity contribution >= 4 is 23.0 Å². The van der Waals surface area contributed by atoms with Gasteiger partial charge in [0.1, 0.15) is 12.1 Å². The van der Waals surface area contributed by atoms with E-state index in [-0.39, 0.29) is 11.7 Å². The zero-order chi connectivity index (χ0) is 26.2. The van der Waals surface area contributed by atoms with Gasteiger partial charge in [-0.05, 0) is 82.9 Å². The van der Waals surface area contributed by atoms with E-state index in [2.05, 4.69) is 33.7 Å². The first kappa shape index (κ1) is 23.9. The number of nitrogens with zero attached hydrogens (tertiary/aromatic N) is 6. The minimum absolute atomic E-state index is 0.293. The van der Waals surface area contributed by atoms with Gasteiger partial charge in [-0.3, -0.25) is 4.99 Å². The molecule has 188 valence electrons. The van der Waals surface area contributed by atoms with Crippen LogP contribution in [0.25, 0.3) is 16.8 Å². The van der Waals surface area contributed by atoms with Crippen LogP contribution < -0.4 is 4.73 Å². The second kappa shape index (κ2) is 9.79. The molecule has 0 amide bonds. The molecule has 7 nitrogen and oxygen atoms in total. The van der Waals surface area contributed by atoms with E-state index in [0.717, 1.165) is 38.4 Å². The Balaban J connectivity index is 1.41. The Bertz CT molecular complexity index is 1670. The van der Waals surface area contributed by atoms with Crippen LogP contribution in [0.1, 0.15) is 28.3 Å². The van der Waals surface area contributed by atoms with Crippen LogP contribution in [0, 0.1) is 17.9 Å². The largest absolute Gasteiger partial charge is 0.618 e. The lowest BCUT2D eigenvalue weighted by Crippen LogP contribution is -2.36. The highest BCUT2D eigenvalue weighted by Crippen LogP contribution is 2.35. The molecule has 0 unspecified atom stereocenters. The highest BCUT2D eigenvalue weighted by atomic mass is 35.5. The molecule has 2 aromatic heterocycles. The van der Waals surface area contributed by atoms with E-state index < -0.39 is 0 Å². The van der Waals surface area contributed by atoms with E-state index in [1.807, 2.05) is 19.1 Å².